The number of carbonyl (C=O) groups excluding carboxylic acids is 1. The van der Waals surface area contributed by atoms with E-state index < -0.39 is 17.3 Å². The molecule has 3 heterocycles. The lowest BCUT2D eigenvalue weighted by atomic mass is 9.86. The summed E-state index contributed by atoms with van der Waals surface area (Å²) in [6.45, 7) is 4.09. The van der Waals surface area contributed by atoms with E-state index in [1.165, 1.54) is 36.2 Å². The number of likely N-dealkylation sites (tertiary alicyclic amines) is 1. The minimum absolute atomic E-state index is 0. The van der Waals surface area contributed by atoms with Crippen molar-refractivity contribution in [1.82, 2.24) is 9.88 Å². The number of nitrogens with zero attached hydrogens (tertiary/aromatic N) is 4. The number of rotatable bonds is 6. The number of carbonyl (C=O) groups is 1. The zero-order valence-corrected chi connectivity index (χ0v) is 23.3. The summed E-state index contributed by atoms with van der Waals surface area (Å²) in [6, 6.07) is 9.45. The molecule has 204 valence electrons. The van der Waals surface area contributed by atoms with Gasteiger partial charge in [0.05, 0.1) is 17.6 Å². The Morgan fingerprint density at radius 3 is 2.61 bits per heavy atom. The zero-order chi connectivity index (χ0) is 26.1. The molecule has 38 heavy (non-hydrogen) atoms. The maximum absolute atomic E-state index is 15.1. The van der Waals surface area contributed by atoms with Gasteiger partial charge >= 0.3 is 0 Å². The number of hydrogen-bond donors (Lipinski definition) is 1. The van der Waals surface area contributed by atoms with Gasteiger partial charge in [-0.05, 0) is 54.2 Å². The number of halogens is 5. The highest BCUT2D eigenvalue weighted by molar-refractivity contribution is 8.17. The van der Waals surface area contributed by atoms with E-state index in [0.29, 0.717) is 36.2 Å². The number of benzene rings is 1. The van der Waals surface area contributed by atoms with Gasteiger partial charge in [-0.3, -0.25) is 19.7 Å². The normalized spacial score (nSPS) is 21.9. The van der Waals surface area contributed by atoms with Gasteiger partial charge in [0.15, 0.2) is 11.0 Å². The lowest BCUT2D eigenvalue weighted by Crippen LogP contribution is -2.31. The molecule has 0 unspecified atom stereocenters. The largest absolute Gasteiger partial charge is 0.378 e. The predicted octanol–water partition coefficient (Wildman–Crippen LogP) is 5.64. The Kier molecular flexibility index (Phi) is 10.4. The van der Waals surface area contributed by atoms with Crippen LogP contribution in [0.3, 0.4) is 0 Å². The number of aromatic nitrogens is 1. The van der Waals surface area contributed by atoms with E-state index in [2.05, 4.69) is 9.98 Å². The van der Waals surface area contributed by atoms with E-state index in [4.69, 9.17) is 11.0 Å². The van der Waals surface area contributed by atoms with Gasteiger partial charge in [-0.1, -0.05) is 17.8 Å². The second kappa shape index (κ2) is 12.5. The monoisotopic (exact) mass is 585 g/mol. The number of pyridine rings is 1. The van der Waals surface area contributed by atoms with E-state index >= 15 is 4.39 Å². The van der Waals surface area contributed by atoms with Crippen molar-refractivity contribution in [3.05, 3.63) is 75.2 Å². The number of hydrogen-bond acceptors (Lipinski definition) is 7. The van der Waals surface area contributed by atoms with E-state index in [-0.39, 0.29) is 60.8 Å². The first-order chi connectivity index (χ1) is 17.0. The maximum Gasteiger partial charge on any atom is 0.261 e. The number of amidine groups is 1. The Labute approximate surface area is 236 Å². The van der Waals surface area contributed by atoms with E-state index in [1.54, 1.807) is 24.0 Å². The molecule has 2 aliphatic heterocycles. The minimum Gasteiger partial charge on any atom is -0.378 e. The van der Waals surface area contributed by atoms with Gasteiger partial charge in [0, 0.05) is 44.1 Å². The molecule has 0 saturated carbocycles. The summed E-state index contributed by atoms with van der Waals surface area (Å²) in [7, 11) is 0. The number of Topliss-reactive ketones (excluding diaryl/α,β-unsaturated/α-hetero) is 1. The molecular weight excluding hydrogens is 558 g/mol. The summed E-state index contributed by atoms with van der Waals surface area (Å²) >= 11 is 1.28. The van der Waals surface area contributed by atoms with Gasteiger partial charge in [0.25, 0.3) is 5.92 Å². The molecule has 1 atom stereocenters. The SMILES string of the molecule is C/C(CN1CCC(F)(F)C1)=C1\C[C@@](C)(c2cc(CC(=O)c3ccc(C#N)cn3)ccc2F)N=C(N)S1.Cl.Cl. The van der Waals surface area contributed by atoms with Crippen molar-refractivity contribution in [2.45, 2.75) is 44.6 Å². The Hall–Kier alpha value is -2.58. The van der Waals surface area contributed by atoms with Crippen molar-refractivity contribution in [2.75, 3.05) is 19.6 Å². The van der Waals surface area contributed by atoms with Crippen LogP contribution in [0.1, 0.15) is 53.9 Å². The van der Waals surface area contributed by atoms with Crippen LogP contribution < -0.4 is 5.73 Å². The van der Waals surface area contributed by atoms with Crippen molar-refractivity contribution in [2.24, 2.45) is 10.7 Å². The summed E-state index contributed by atoms with van der Waals surface area (Å²) in [5.41, 5.74) is 7.49. The number of thioether (sulfide) groups is 1. The molecule has 1 saturated heterocycles. The molecule has 2 N–H and O–H groups in total. The average Bonchev–Trinajstić information content (AvgIpc) is 3.17. The Balaban J connectivity index is 0.00000253. The summed E-state index contributed by atoms with van der Waals surface area (Å²) in [4.78, 5) is 23.9. The molecule has 2 aliphatic rings. The van der Waals surface area contributed by atoms with Crippen LogP contribution in [0.2, 0.25) is 0 Å². The highest BCUT2D eigenvalue weighted by Gasteiger charge is 2.39. The van der Waals surface area contributed by atoms with Gasteiger partial charge in [0.1, 0.15) is 17.6 Å². The smallest absolute Gasteiger partial charge is 0.261 e. The third kappa shape index (κ3) is 7.29. The van der Waals surface area contributed by atoms with Gasteiger partial charge in [0.2, 0.25) is 0 Å². The Morgan fingerprint density at radius 2 is 2.00 bits per heavy atom. The molecule has 1 fully saturated rings. The van der Waals surface area contributed by atoms with Crippen molar-refractivity contribution in [3.8, 4) is 6.07 Å². The fourth-order valence-electron chi connectivity index (χ4n) is 4.54. The summed E-state index contributed by atoms with van der Waals surface area (Å²) < 4.78 is 42.3. The number of alkyl halides is 2. The number of ketones is 1. The second-order valence-corrected chi connectivity index (χ2v) is 10.6. The molecule has 0 spiro atoms. The van der Waals surface area contributed by atoms with Crippen LogP contribution in [-0.2, 0) is 12.0 Å². The maximum atomic E-state index is 15.1. The molecule has 0 bridgehead atoms. The lowest BCUT2D eigenvalue weighted by molar-refractivity contribution is 0.0131. The van der Waals surface area contributed by atoms with Gasteiger partial charge in [-0.25, -0.2) is 13.2 Å². The number of nitriles is 1. The molecule has 4 rings (SSSR count). The van der Waals surface area contributed by atoms with Crippen LogP contribution in [0.4, 0.5) is 13.2 Å². The molecule has 0 aliphatic carbocycles. The quantitative estimate of drug-likeness (QED) is 0.440. The van der Waals surface area contributed by atoms with Gasteiger partial charge in [-0.15, -0.1) is 24.8 Å². The first-order valence-electron chi connectivity index (χ1n) is 11.5. The fourth-order valence-corrected chi connectivity index (χ4v) is 5.63. The van der Waals surface area contributed by atoms with Crippen molar-refractivity contribution in [1.29, 1.82) is 5.26 Å². The van der Waals surface area contributed by atoms with E-state index in [0.717, 1.165) is 10.5 Å². The summed E-state index contributed by atoms with van der Waals surface area (Å²) in [6.07, 6.45) is 1.54. The molecule has 1 aromatic carbocycles. The average molecular weight is 587 g/mol. The summed E-state index contributed by atoms with van der Waals surface area (Å²) in [5.74, 6) is -3.40. The second-order valence-electron chi connectivity index (χ2n) is 9.48. The predicted molar refractivity (Wildman–Crippen MR) is 148 cm³/mol. The highest BCUT2D eigenvalue weighted by atomic mass is 35.5. The lowest BCUT2D eigenvalue weighted by Gasteiger charge is -2.33. The molecule has 1 aromatic heterocycles. The Bertz CT molecular complexity index is 1300. The summed E-state index contributed by atoms with van der Waals surface area (Å²) in [5, 5.41) is 9.17. The first kappa shape index (κ1) is 31.6. The van der Waals surface area contributed by atoms with Crippen LogP contribution in [0, 0.1) is 17.1 Å². The Morgan fingerprint density at radius 1 is 1.26 bits per heavy atom. The van der Waals surface area contributed by atoms with Gasteiger partial charge in [-0.2, -0.15) is 5.26 Å². The van der Waals surface area contributed by atoms with Gasteiger partial charge < -0.3 is 5.73 Å². The molecule has 0 radical (unpaired) electrons. The van der Waals surface area contributed by atoms with Crippen LogP contribution in [0.15, 0.2) is 52.0 Å². The van der Waals surface area contributed by atoms with Crippen LogP contribution in [0.5, 0.6) is 0 Å². The third-order valence-corrected chi connectivity index (χ3v) is 7.47. The number of nitrogens with two attached hydrogens (primary N) is 1. The van der Waals surface area contributed by atoms with E-state index in [1.807, 2.05) is 13.0 Å². The van der Waals surface area contributed by atoms with Crippen molar-refractivity contribution in [3.63, 3.8) is 0 Å². The molecule has 0 amide bonds. The van der Waals surface area contributed by atoms with Crippen LogP contribution in [0.25, 0.3) is 0 Å². The van der Waals surface area contributed by atoms with Crippen molar-refractivity contribution < 1.29 is 18.0 Å². The van der Waals surface area contributed by atoms with Crippen LogP contribution in [-0.4, -0.2) is 46.4 Å². The van der Waals surface area contributed by atoms with Crippen LogP contribution >= 0.6 is 36.6 Å². The number of aliphatic imine (C=N–C) groups is 1. The van der Waals surface area contributed by atoms with E-state index in [9.17, 15) is 13.6 Å². The molecular formula is C26H28Cl2F3N5OS. The topological polar surface area (TPSA) is 95.4 Å². The highest BCUT2D eigenvalue weighted by Crippen LogP contribution is 2.43. The molecule has 2 aromatic rings. The minimum atomic E-state index is -2.67. The fraction of sp³-hybridized carbons (Fsp3) is 0.385. The molecule has 12 heteroatoms. The molecule has 6 nitrogen and oxygen atoms in total. The third-order valence-electron chi connectivity index (χ3n) is 6.43. The zero-order valence-electron chi connectivity index (χ0n) is 20.8. The van der Waals surface area contributed by atoms with Crippen molar-refractivity contribution >= 4 is 47.5 Å². The first-order valence-corrected chi connectivity index (χ1v) is 12.3. The standard InChI is InChI=1S/C26H26F3N5OS.2ClH/c1-16(14-34-8-7-26(28,29)15-34)23-11-25(2,33-24(31)36-23)19-9-17(3-5-20(19)27)10-22(35)21-6-4-18(12-30)13-32-21;;/h3-6,9,13H,7-8,10-11,14-15H2,1-2H3,(H2,31,33);2*1H/b23-16-;;/t25-;;/m0../s1.